The van der Waals surface area contributed by atoms with E-state index in [0.717, 1.165) is 12.1 Å². The van der Waals surface area contributed by atoms with Crippen LogP contribution in [-0.2, 0) is 61.6 Å². The van der Waals surface area contributed by atoms with Crippen LogP contribution in [0.4, 0.5) is 5.69 Å². The van der Waals surface area contributed by atoms with Gasteiger partial charge in [-0.2, -0.15) is 0 Å². The molecule has 0 aliphatic carbocycles. The minimum absolute atomic E-state index is 0.0449. The first kappa shape index (κ1) is 69.9. The molecular formula is C48H75NO38. The van der Waals surface area contributed by atoms with E-state index in [-0.39, 0.29) is 11.4 Å². The van der Waals surface area contributed by atoms with Crippen molar-refractivity contribution in [2.75, 3.05) is 46.2 Å². The zero-order chi connectivity index (χ0) is 63.6. The third-order valence-electron chi connectivity index (χ3n) is 15.8. The molecule has 7 aliphatic rings. The maximum Gasteiger partial charge on any atom is 0.269 e. The molecule has 0 saturated carbocycles. The number of ether oxygens (including phenoxy) is 14. The molecule has 0 spiro atoms. The lowest BCUT2D eigenvalue weighted by Gasteiger charge is -2.50. The van der Waals surface area contributed by atoms with Crippen LogP contribution in [0.1, 0.15) is 0 Å². The van der Waals surface area contributed by atoms with Crippen molar-refractivity contribution < 1.29 is 184 Å². The average Bonchev–Trinajstić information content (AvgIpc) is 1.64. The van der Waals surface area contributed by atoms with Gasteiger partial charge in [-0.3, -0.25) is 10.1 Å². The van der Waals surface area contributed by atoms with Gasteiger partial charge in [-0.15, -0.1) is 0 Å². The molecule has 8 rings (SSSR count). The highest BCUT2D eigenvalue weighted by Crippen LogP contribution is 2.38. The van der Waals surface area contributed by atoms with E-state index in [0.29, 0.717) is 0 Å². The van der Waals surface area contributed by atoms with Gasteiger partial charge in [0.05, 0.1) is 51.2 Å². The van der Waals surface area contributed by atoms with Crippen molar-refractivity contribution >= 4 is 5.69 Å². The van der Waals surface area contributed by atoms with Crippen LogP contribution in [-0.4, -0.2) is 378 Å². The summed E-state index contributed by atoms with van der Waals surface area (Å²) in [5, 5.41) is 247. The number of nitrogens with zero attached hydrogens (tertiary/aromatic N) is 1. The Balaban J connectivity index is 0.850. The fourth-order valence-corrected chi connectivity index (χ4v) is 10.9. The molecule has 0 radical (unpaired) electrons. The molecule has 22 N–H and O–H groups in total. The smallest absolute Gasteiger partial charge is 0.269 e. The van der Waals surface area contributed by atoms with E-state index in [1.165, 1.54) is 12.1 Å². The first-order valence-corrected chi connectivity index (χ1v) is 27.3. The molecule has 500 valence electrons. The molecule has 1 aromatic carbocycles. The molecule has 7 saturated heterocycles. The Bertz CT molecular complexity index is 2280. The number of nitro benzene ring substituents is 1. The van der Waals surface area contributed by atoms with Crippen molar-refractivity contribution in [2.45, 2.75) is 215 Å². The predicted octanol–water partition coefficient (Wildman–Crippen LogP) is -14.3. The topological polar surface area (TPSA) is 617 Å². The van der Waals surface area contributed by atoms with Crippen molar-refractivity contribution in [3.63, 3.8) is 0 Å². The number of non-ortho nitro benzene ring substituents is 1. The van der Waals surface area contributed by atoms with Gasteiger partial charge in [-0.25, -0.2) is 0 Å². The van der Waals surface area contributed by atoms with Gasteiger partial charge in [0.2, 0.25) is 6.29 Å². The van der Waals surface area contributed by atoms with E-state index in [9.17, 15) is 122 Å². The Hall–Kier alpha value is -2.98. The molecule has 7 aliphatic heterocycles. The van der Waals surface area contributed by atoms with E-state index in [2.05, 4.69) is 0 Å². The quantitative estimate of drug-likeness (QED) is 0.0379. The molecule has 35 atom stereocenters. The Morgan fingerprint density at radius 1 is 0.299 bits per heavy atom. The molecule has 0 bridgehead atoms. The summed E-state index contributed by atoms with van der Waals surface area (Å²) in [6.45, 7) is -6.99. The van der Waals surface area contributed by atoms with Crippen LogP contribution in [0.15, 0.2) is 24.3 Å². The van der Waals surface area contributed by atoms with Crippen LogP contribution in [0.2, 0.25) is 0 Å². The molecule has 7 fully saturated rings. The lowest BCUT2D eigenvalue weighted by atomic mass is 9.95. The molecular weight excluding hydrogens is 1200 g/mol. The number of aliphatic hydroxyl groups is 22. The van der Waals surface area contributed by atoms with Crippen LogP contribution < -0.4 is 4.74 Å². The predicted molar refractivity (Wildman–Crippen MR) is 263 cm³/mol. The molecule has 7 heterocycles. The standard InChI is InChI=1S/C48H75NO38/c50-5-14-21(57)22(58)29(65)43(75-14)82-37-16(7-52)77-45(31(67)24(37)60)84-39-18(9-54)79-47(33(69)26(39)62)86-41-20(11-56)81-48(35(71)28(41)64)87-40-19(10-55)80-46(34(70)27(40)63)85-38-17(8-53)78-44(32(68)25(38)61)83-36-15(6-51)76-42(30(66)23(36)59)74-13-3-1-12(2-4-13)49(72)73/h1-4,14-48,50-71H,5-11H2. The lowest BCUT2D eigenvalue weighted by molar-refractivity contribution is -0.397. The van der Waals surface area contributed by atoms with Gasteiger partial charge in [0.1, 0.15) is 177 Å². The van der Waals surface area contributed by atoms with Gasteiger partial charge in [0, 0.05) is 12.1 Å². The molecule has 0 aromatic heterocycles. The largest absolute Gasteiger partial charge is 0.462 e. The van der Waals surface area contributed by atoms with Crippen LogP contribution in [0.25, 0.3) is 0 Å². The summed E-state index contributed by atoms with van der Waals surface area (Å²) in [5.41, 5.74) is -0.289. The SMILES string of the molecule is O=[N+]([O-])c1ccc(OC2OC(CO)C(OC3OC(CO)C(OC4OC(CO)C(OC5OC(CO)C(OC6OC(CO)C(OC7OC(CO)C(OC8OC(CO)C(O)C(O)C8O)C(O)C7O)C(O)C6O)C(O)C5O)C(O)C4O)C(O)C3O)C(O)C2O)cc1. The Morgan fingerprint density at radius 3 is 0.736 bits per heavy atom. The zero-order valence-electron chi connectivity index (χ0n) is 45.3. The van der Waals surface area contributed by atoms with E-state index in [1.54, 1.807) is 0 Å². The van der Waals surface area contributed by atoms with Crippen molar-refractivity contribution in [1.82, 2.24) is 0 Å². The van der Waals surface area contributed by atoms with E-state index in [1.807, 2.05) is 0 Å². The Kier molecular flexibility index (Phi) is 24.3. The minimum Gasteiger partial charge on any atom is -0.462 e. The molecule has 39 nitrogen and oxygen atoms in total. The second-order valence-electron chi connectivity index (χ2n) is 21.4. The summed E-state index contributed by atoms with van der Waals surface area (Å²) < 4.78 is 78.5. The van der Waals surface area contributed by atoms with E-state index >= 15 is 0 Å². The number of nitro groups is 1. The van der Waals surface area contributed by atoms with Gasteiger partial charge in [0.15, 0.2) is 37.7 Å². The maximum atomic E-state index is 11.4. The fraction of sp³-hybridized carbons (Fsp3) is 0.875. The van der Waals surface area contributed by atoms with Crippen molar-refractivity contribution in [1.29, 1.82) is 0 Å². The fourth-order valence-electron chi connectivity index (χ4n) is 10.9. The summed E-state index contributed by atoms with van der Waals surface area (Å²) in [6.07, 6.45) is -67.9. The van der Waals surface area contributed by atoms with Crippen LogP contribution in [0.5, 0.6) is 5.75 Å². The van der Waals surface area contributed by atoms with Gasteiger partial charge in [-0.05, 0) is 12.1 Å². The number of hydrogen-bond acceptors (Lipinski definition) is 38. The second-order valence-corrected chi connectivity index (χ2v) is 21.4. The molecule has 1 aromatic rings. The van der Waals surface area contributed by atoms with Crippen molar-refractivity contribution in [2.24, 2.45) is 0 Å². The van der Waals surface area contributed by atoms with Gasteiger partial charge < -0.3 is 179 Å². The normalized spacial score (nSPS) is 49.1. The summed E-state index contributed by atoms with van der Waals surface area (Å²) in [4.78, 5) is 10.4. The number of hydrogen-bond donors (Lipinski definition) is 22. The third-order valence-corrected chi connectivity index (χ3v) is 15.8. The van der Waals surface area contributed by atoms with Gasteiger partial charge >= 0.3 is 0 Å². The van der Waals surface area contributed by atoms with Gasteiger partial charge in [-0.1, -0.05) is 0 Å². The van der Waals surface area contributed by atoms with E-state index in [4.69, 9.17) is 66.3 Å². The molecule has 39 heteroatoms. The van der Waals surface area contributed by atoms with Crippen molar-refractivity contribution in [3.8, 4) is 5.75 Å². The minimum atomic E-state index is -2.25. The monoisotopic (exact) mass is 1270 g/mol. The summed E-state index contributed by atoms with van der Waals surface area (Å²) in [7, 11) is 0. The maximum absolute atomic E-state index is 11.4. The number of rotatable bonds is 22. The highest BCUT2D eigenvalue weighted by Gasteiger charge is 2.59. The first-order valence-electron chi connectivity index (χ1n) is 27.3. The highest BCUT2D eigenvalue weighted by atomic mass is 16.8. The summed E-state index contributed by atoms with van der Waals surface area (Å²) in [5.74, 6) is -0.0449. The second kappa shape index (κ2) is 30.2. The Labute approximate surface area is 489 Å². The Morgan fingerprint density at radius 2 is 0.506 bits per heavy atom. The van der Waals surface area contributed by atoms with Gasteiger partial charge in [0.25, 0.3) is 5.69 Å². The first-order chi connectivity index (χ1) is 41.4. The molecule has 87 heavy (non-hydrogen) atoms. The third kappa shape index (κ3) is 14.6. The lowest BCUT2D eigenvalue weighted by Crippen LogP contribution is -2.68. The zero-order valence-corrected chi connectivity index (χ0v) is 45.3. The molecule has 35 unspecified atom stereocenters. The number of aliphatic hydroxyl groups excluding tert-OH is 22. The van der Waals surface area contributed by atoms with Crippen LogP contribution in [0.3, 0.4) is 0 Å². The summed E-state index contributed by atoms with van der Waals surface area (Å²) >= 11 is 0. The number of benzene rings is 1. The molecule has 0 amide bonds. The van der Waals surface area contributed by atoms with E-state index < -0.39 is 266 Å². The summed E-state index contributed by atoms with van der Waals surface area (Å²) in [6, 6.07) is 4.52. The van der Waals surface area contributed by atoms with Crippen LogP contribution >= 0.6 is 0 Å². The van der Waals surface area contributed by atoms with Crippen LogP contribution in [0, 0.1) is 10.1 Å². The van der Waals surface area contributed by atoms with Crippen molar-refractivity contribution in [3.05, 3.63) is 34.4 Å². The average molecular weight is 1270 g/mol. The highest BCUT2D eigenvalue weighted by molar-refractivity contribution is 5.36.